The highest BCUT2D eigenvalue weighted by Crippen LogP contribution is 2.37. The number of benzene rings is 1. The van der Waals surface area contributed by atoms with Crippen molar-refractivity contribution in [3.8, 4) is 11.1 Å². The standard InChI is InChI=1S/C16H15ClN2OS/c17-15-11(3-4-21-15)9-1-2-12-13(5-9)16(20)19-7-10-6-18-8-14(10)12/h1-5,10,14,18H,6-8H2,(H,19,20). The quantitative estimate of drug-likeness (QED) is 0.848. The summed E-state index contributed by atoms with van der Waals surface area (Å²) in [5.41, 5.74) is 3.98. The maximum absolute atomic E-state index is 12.4. The van der Waals surface area contributed by atoms with Crippen molar-refractivity contribution in [2.24, 2.45) is 5.92 Å². The lowest BCUT2D eigenvalue weighted by atomic mass is 9.86. The second kappa shape index (κ2) is 5.13. The Kier molecular flexibility index (Phi) is 3.25. The monoisotopic (exact) mass is 318 g/mol. The van der Waals surface area contributed by atoms with Gasteiger partial charge in [0.15, 0.2) is 0 Å². The van der Waals surface area contributed by atoms with Crippen LogP contribution in [0.5, 0.6) is 0 Å². The summed E-state index contributed by atoms with van der Waals surface area (Å²) in [5.74, 6) is 0.948. The minimum absolute atomic E-state index is 0.0348. The van der Waals surface area contributed by atoms with Gasteiger partial charge in [0, 0.05) is 36.7 Å². The van der Waals surface area contributed by atoms with E-state index >= 15 is 0 Å². The van der Waals surface area contributed by atoms with Crippen LogP contribution in [0.4, 0.5) is 0 Å². The maximum Gasteiger partial charge on any atom is 0.251 e. The van der Waals surface area contributed by atoms with Gasteiger partial charge in [-0.1, -0.05) is 23.7 Å². The molecule has 2 aliphatic rings. The van der Waals surface area contributed by atoms with Crippen LogP contribution in [0.3, 0.4) is 0 Å². The molecule has 3 heterocycles. The van der Waals surface area contributed by atoms with Crippen molar-refractivity contribution in [2.45, 2.75) is 5.92 Å². The Hall–Kier alpha value is -1.36. The number of halogens is 1. The lowest BCUT2D eigenvalue weighted by Crippen LogP contribution is -2.28. The number of rotatable bonds is 1. The Bertz CT molecular complexity index is 712. The van der Waals surface area contributed by atoms with Gasteiger partial charge in [-0.05, 0) is 34.6 Å². The van der Waals surface area contributed by atoms with Crippen molar-refractivity contribution in [2.75, 3.05) is 19.6 Å². The average Bonchev–Trinajstić information content (AvgIpc) is 3.10. The Labute approximate surface area is 132 Å². The second-order valence-electron chi connectivity index (χ2n) is 5.64. The highest BCUT2D eigenvalue weighted by atomic mass is 35.5. The lowest BCUT2D eigenvalue weighted by molar-refractivity contribution is 0.0952. The van der Waals surface area contributed by atoms with E-state index in [-0.39, 0.29) is 5.91 Å². The van der Waals surface area contributed by atoms with Crippen molar-refractivity contribution < 1.29 is 4.79 Å². The molecule has 21 heavy (non-hydrogen) atoms. The number of carbonyl (C=O) groups excluding carboxylic acids is 1. The third-order valence-electron chi connectivity index (χ3n) is 4.49. The topological polar surface area (TPSA) is 41.1 Å². The number of hydrogen-bond donors (Lipinski definition) is 2. The molecule has 2 atom stereocenters. The molecule has 2 aromatic rings. The van der Waals surface area contributed by atoms with Crippen LogP contribution in [0, 0.1) is 5.92 Å². The molecule has 4 rings (SSSR count). The largest absolute Gasteiger partial charge is 0.352 e. The van der Waals surface area contributed by atoms with Gasteiger partial charge in [-0.3, -0.25) is 4.79 Å². The molecule has 1 saturated heterocycles. The maximum atomic E-state index is 12.4. The molecule has 3 nitrogen and oxygen atoms in total. The Morgan fingerprint density at radius 3 is 2.86 bits per heavy atom. The molecule has 0 bridgehead atoms. The summed E-state index contributed by atoms with van der Waals surface area (Å²) in [6, 6.07) is 8.18. The van der Waals surface area contributed by atoms with Crippen LogP contribution < -0.4 is 10.6 Å². The molecule has 2 aliphatic heterocycles. The molecular weight excluding hydrogens is 304 g/mol. The first kappa shape index (κ1) is 13.3. The smallest absolute Gasteiger partial charge is 0.251 e. The van der Waals surface area contributed by atoms with Crippen molar-refractivity contribution in [3.05, 3.63) is 45.1 Å². The van der Waals surface area contributed by atoms with E-state index in [1.54, 1.807) is 0 Å². The number of nitrogens with one attached hydrogen (secondary N) is 2. The van der Waals surface area contributed by atoms with Crippen LogP contribution in [-0.4, -0.2) is 25.5 Å². The molecule has 1 aromatic heterocycles. The highest BCUT2D eigenvalue weighted by molar-refractivity contribution is 7.15. The van der Waals surface area contributed by atoms with Gasteiger partial charge >= 0.3 is 0 Å². The summed E-state index contributed by atoms with van der Waals surface area (Å²) in [4.78, 5) is 12.4. The second-order valence-corrected chi connectivity index (χ2v) is 7.16. The Morgan fingerprint density at radius 2 is 2.05 bits per heavy atom. The first-order chi connectivity index (χ1) is 10.2. The van der Waals surface area contributed by atoms with E-state index < -0.39 is 0 Å². The predicted molar refractivity (Wildman–Crippen MR) is 86.2 cm³/mol. The van der Waals surface area contributed by atoms with Gasteiger partial charge in [-0.15, -0.1) is 11.3 Å². The predicted octanol–water partition coefficient (Wildman–Crippen LogP) is 3.11. The molecule has 0 saturated carbocycles. The van der Waals surface area contributed by atoms with Gasteiger partial charge in [0.2, 0.25) is 0 Å². The molecule has 108 valence electrons. The first-order valence-electron chi connectivity index (χ1n) is 7.10. The summed E-state index contributed by atoms with van der Waals surface area (Å²) in [6.07, 6.45) is 0. The summed E-state index contributed by atoms with van der Waals surface area (Å²) in [6.45, 7) is 2.67. The van der Waals surface area contributed by atoms with Gasteiger partial charge in [0.05, 0.1) is 0 Å². The van der Waals surface area contributed by atoms with E-state index in [1.165, 1.54) is 11.3 Å². The van der Waals surface area contributed by atoms with Gasteiger partial charge < -0.3 is 10.6 Å². The normalized spacial score (nSPS) is 24.1. The van der Waals surface area contributed by atoms with Crippen molar-refractivity contribution in [1.29, 1.82) is 0 Å². The molecule has 0 spiro atoms. The average molecular weight is 319 g/mol. The number of hydrogen-bond acceptors (Lipinski definition) is 3. The van der Waals surface area contributed by atoms with Gasteiger partial charge in [0.25, 0.3) is 5.91 Å². The zero-order valence-electron chi connectivity index (χ0n) is 11.4. The molecule has 1 aromatic carbocycles. The fraction of sp³-hybridized carbons (Fsp3) is 0.312. The SMILES string of the molecule is O=C1NCC2CNCC2c2ccc(-c3ccsc3Cl)cc21. The van der Waals surface area contributed by atoms with Crippen LogP contribution in [0.25, 0.3) is 11.1 Å². The Balaban J connectivity index is 1.83. The highest BCUT2D eigenvalue weighted by Gasteiger charge is 2.34. The molecule has 2 unspecified atom stereocenters. The number of fused-ring (bicyclic) bond motifs is 3. The van der Waals surface area contributed by atoms with Crippen LogP contribution in [0.15, 0.2) is 29.6 Å². The Morgan fingerprint density at radius 1 is 1.14 bits per heavy atom. The van der Waals surface area contributed by atoms with E-state index in [0.29, 0.717) is 11.8 Å². The van der Waals surface area contributed by atoms with E-state index in [9.17, 15) is 4.79 Å². The molecule has 1 amide bonds. The van der Waals surface area contributed by atoms with Crippen molar-refractivity contribution in [1.82, 2.24) is 10.6 Å². The third-order valence-corrected chi connectivity index (χ3v) is 5.66. The van der Waals surface area contributed by atoms with Crippen molar-refractivity contribution >= 4 is 28.8 Å². The lowest BCUT2D eigenvalue weighted by Gasteiger charge is -2.16. The molecule has 1 fully saturated rings. The molecule has 2 N–H and O–H groups in total. The van der Waals surface area contributed by atoms with E-state index in [4.69, 9.17) is 11.6 Å². The van der Waals surface area contributed by atoms with Crippen LogP contribution in [0.2, 0.25) is 4.34 Å². The fourth-order valence-corrected chi connectivity index (χ4v) is 4.34. The van der Waals surface area contributed by atoms with Crippen LogP contribution in [0.1, 0.15) is 21.8 Å². The molecule has 0 radical (unpaired) electrons. The summed E-state index contributed by atoms with van der Waals surface area (Å²) < 4.78 is 0.768. The number of carbonyl (C=O) groups is 1. The zero-order valence-corrected chi connectivity index (χ0v) is 12.9. The van der Waals surface area contributed by atoms with Gasteiger partial charge in [0.1, 0.15) is 4.34 Å². The van der Waals surface area contributed by atoms with Crippen LogP contribution in [-0.2, 0) is 0 Å². The molecular formula is C16H15ClN2OS. The first-order valence-corrected chi connectivity index (χ1v) is 8.36. The third kappa shape index (κ3) is 2.18. The molecule has 0 aliphatic carbocycles. The number of amides is 1. The van der Waals surface area contributed by atoms with Crippen LogP contribution >= 0.6 is 22.9 Å². The van der Waals surface area contributed by atoms with E-state index in [1.807, 2.05) is 17.5 Å². The minimum Gasteiger partial charge on any atom is -0.352 e. The zero-order chi connectivity index (χ0) is 14.4. The van der Waals surface area contributed by atoms with E-state index in [0.717, 1.165) is 46.2 Å². The van der Waals surface area contributed by atoms with Gasteiger partial charge in [-0.2, -0.15) is 0 Å². The summed E-state index contributed by atoms with van der Waals surface area (Å²) in [7, 11) is 0. The van der Waals surface area contributed by atoms with Gasteiger partial charge in [-0.25, -0.2) is 0 Å². The van der Waals surface area contributed by atoms with Crippen molar-refractivity contribution in [3.63, 3.8) is 0 Å². The van der Waals surface area contributed by atoms with E-state index in [2.05, 4.69) is 22.8 Å². The minimum atomic E-state index is 0.0348. The molecule has 5 heteroatoms. The number of thiophene rings is 1. The fourth-order valence-electron chi connectivity index (χ4n) is 3.37. The summed E-state index contributed by atoms with van der Waals surface area (Å²) >= 11 is 7.74. The summed E-state index contributed by atoms with van der Waals surface area (Å²) in [5, 5.41) is 8.45.